The van der Waals surface area contributed by atoms with E-state index in [1.54, 1.807) is 0 Å². The molecular formula is C20H17N3O2. The summed E-state index contributed by atoms with van der Waals surface area (Å²) >= 11 is 0. The first-order valence-electron chi connectivity index (χ1n) is 8.13. The molecular weight excluding hydrogens is 314 g/mol. The number of ether oxygens (including phenoxy) is 1. The maximum Gasteiger partial charge on any atom is 0.332 e. The Bertz CT molecular complexity index is 872. The molecule has 0 radical (unpaired) electrons. The normalized spacial score (nSPS) is 23.6. The van der Waals surface area contributed by atoms with Crippen molar-refractivity contribution in [2.75, 3.05) is 12.1 Å². The van der Waals surface area contributed by atoms with Gasteiger partial charge in [-0.25, -0.2) is 4.79 Å². The molecule has 0 aliphatic carbocycles. The van der Waals surface area contributed by atoms with Gasteiger partial charge in [-0.1, -0.05) is 42.5 Å². The molecule has 0 saturated carbocycles. The molecule has 4 rings (SSSR count). The lowest BCUT2D eigenvalue weighted by atomic mass is 9.86. The lowest BCUT2D eigenvalue weighted by Gasteiger charge is -2.36. The number of methoxy groups -OCH3 is 1. The second-order valence-corrected chi connectivity index (χ2v) is 6.07. The van der Waals surface area contributed by atoms with Gasteiger partial charge in [0.05, 0.1) is 24.9 Å². The van der Waals surface area contributed by atoms with Gasteiger partial charge >= 0.3 is 5.97 Å². The third-order valence-electron chi connectivity index (χ3n) is 4.81. The third kappa shape index (κ3) is 2.26. The average Bonchev–Trinajstić information content (AvgIpc) is 3.02. The largest absolute Gasteiger partial charge is 0.467 e. The van der Waals surface area contributed by atoms with Gasteiger partial charge in [-0.3, -0.25) is 10.0 Å². The average molecular weight is 331 g/mol. The third-order valence-corrected chi connectivity index (χ3v) is 4.81. The van der Waals surface area contributed by atoms with Gasteiger partial charge in [0.1, 0.15) is 5.92 Å². The highest BCUT2D eigenvalue weighted by Crippen LogP contribution is 2.47. The molecule has 25 heavy (non-hydrogen) atoms. The van der Waals surface area contributed by atoms with Crippen LogP contribution >= 0.6 is 0 Å². The lowest BCUT2D eigenvalue weighted by Crippen LogP contribution is -2.44. The zero-order valence-electron chi connectivity index (χ0n) is 13.7. The van der Waals surface area contributed by atoms with Crippen molar-refractivity contribution in [3.8, 4) is 6.07 Å². The highest BCUT2D eigenvalue weighted by atomic mass is 16.5. The van der Waals surface area contributed by atoms with Crippen LogP contribution in [0, 0.1) is 17.2 Å². The Labute approximate surface area is 146 Å². The molecule has 5 nitrogen and oxygen atoms in total. The van der Waals surface area contributed by atoms with E-state index in [1.807, 2.05) is 76.9 Å². The number of nitriles is 1. The zero-order valence-corrected chi connectivity index (χ0v) is 13.7. The van der Waals surface area contributed by atoms with E-state index in [9.17, 15) is 10.1 Å². The van der Waals surface area contributed by atoms with Crippen molar-refractivity contribution >= 4 is 17.7 Å². The maximum atomic E-state index is 12.6. The van der Waals surface area contributed by atoms with Gasteiger partial charge in [0.25, 0.3) is 0 Å². The van der Waals surface area contributed by atoms with Gasteiger partial charge in [0.15, 0.2) is 6.04 Å². The Kier molecular flexibility index (Phi) is 3.66. The Morgan fingerprint density at radius 3 is 2.56 bits per heavy atom. The molecule has 3 atom stereocenters. The van der Waals surface area contributed by atoms with Gasteiger partial charge in [-0.2, -0.15) is 5.26 Å². The van der Waals surface area contributed by atoms with E-state index in [-0.39, 0.29) is 6.04 Å². The van der Waals surface area contributed by atoms with Crippen molar-refractivity contribution in [2.24, 2.45) is 5.92 Å². The quantitative estimate of drug-likeness (QED) is 0.791. The molecule has 1 unspecified atom stereocenters. The first-order chi connectivity index (χ1) is 12.3. The molecule has 2 aromatic carbocycles. The lowest BCUT2D eigenvalue weighted by molar-refractivity contribution is -0.142. The number of hydrogen-bond acceptors (Lipinski definition) is 5. The van der Waals surface area contributed by atoms with Gasteiger partial charge < -0.3 is 4.74 Å². The summed E-state index contributed by atoms with van der Waals surface area (Å²) in [5.41, 5.74) is 2.97. The molecule has 124 valence electrons. The smallest absolute Gasteiger partial charge is 0.332 e. The van der Waals surface area contributed by atoms with Crippen LogP contribution in [0.3, 0.4) is 0 Å². The zero-order chi connectivity index (χ0) is 17.4. The van der Waals surface area contributed by atoms with E-state index in [0.717, 1.165) is 16.8 Å². The van der Waals surface area contributed by atoms with Gasteiger partial charge in [-0.05, 0) is 29.3 Å². The Morgan fingerprint density at radius 1 is 1.12 bits per heavy atom. The monoisotopic (exact) mass is 331 g/mol. The minimum atomic E-state index is -0.696. The van der Waals surface area contributed by atoms with E-state index in [4.69, 9.17) is 4.74 Å². The van der Waals surface area contributed by atoms with Crippen molar-refractivity contribution in [3.63, 3.8) is 0 Å². The molecule has 1 fully saturated rings. The van der Waals surface area contributed by atoms with Crippen LogP contribution in [-0.4, -0.2) is 24.1 Å². The first-order valence-corrected chi connectivity index (χ1v) is 8.13. The summed E-state index contributed by atoms with van der Waals surface area (Å²) in [6.07, 6.45) is 3.95. The number of hydrogen-bond donors (Lipinski definition) is 0. The number of esters is 1. The van der Waals surface area contributed by atoms with Crippen molar-refractivity contribution in [1.29, 1.82) is 5.26 Å². The molecule has 5 heteroatoms. The Hall–Kier alpha value is -3.26. The van der Waals surface area contributed by atoms with Crippen LogP contribution in [0.25, 0.3) is 6.08 Å². The van der Waals surface area contributed by atoms with Crippen LogP contribution in [0.4, 0.5) is 5.69 Å². The highest BCUT2D eigenvalue weighted by Gasteiger charge is 2.53. The number of carbonyl (C=O) groups excluding carboxylic acids is 1. The Morgan fingerprint density at radius 2 is 1.84 bits per heavy atom. The summed E-state index contributed by atoms with van der Waals surface area (Å²) < 4.78 is 5.03. The van der Waals surface area contributed by atoms with Crippen molar-refractivity contribution in [3.05, 3.63) is 71.9 Å². The number of benzene rings is 2. The van der Waals surface area contributed by atoms with E-state index >= 15 is 0 Å². The summed E-state index contributed by atoms with van der Waals surface area (Å²) in [4.78, 5) is 12.6. The molecule has 0 N–H and O–H groups in total. The summed E-state index contributed by atoms with van der Waals surface area (Å²) in [7, 11) is 1.36. The minimum absolute atomic E-state index is 0.226. The number of anilines is 1. The fourth-order valence-corrected chi connectivity index (χ4v) is 3.74. The van der Waals surface area contributed by atoms with E-state index < -0.39 is 17.9 Å². The number of fused-ring (bicyclic) bond motifs is 3. The van der Waals surface area contributed by atoms with E-state index in [1.165, 1.54) is 7.11 Å². The topological polar surface area (TPSA) is 56.6 Å². The molecule has 0 aromatic heterocycles. The van der Waals surface area contributed by atoms with Gasteiger partial charge in [0.2, 0.25) is 0 Å². The van der Waals surface area contributed by atoms with Crippen LogP contribution in [0.15, 0.2) is 60.8 Å². The van der Waals surface area contributed by atoms with Gasteiger partial charge in [-0.15, -0.1) is 0 Å². The summed E-state index contributed by atoms with van der Waals surface area (Å²) in [5.74, 6) is -0.950. The Balaban J connectivity index is 1.89. The maximum absolute atomic E-state index is 12.6. The van der Waals surface area contributed by atoms with Crippen LogP contribution in [-0.2, 0) is 9.53 Å². The molecule has 0 bridgehead atoms. The summed E-state index contributed by atoms with van der Waals surface area (Å²) in [5, 5.41) is 13.7. The number of nitrogens with zero attached hydrogens (tertiary/aromatic N) is 3. The fourth-order valence-electron chi connectivity index (χ4n) is 3.74. The molecule has 2 aromatic rings. The number of rotatable bonds is 2. The van der Waals surface area contributed by atoms with Crippen molar-refractivity contribution < 1.29 is 9.53 Å². The molecule has 0 amide bonds. The second kappa shape index (κ2) is 5.99. The summed E-state index contributed by atoms with van der Waals surface area (Å²) in [6.45, 7) is 0. The molecule has 2 aliphatic heterocycles. The SMILES string of the molecule is COC(=O)[C@H]1[C@@H](C#N)C2c3ccccc3C=CN2N1c1ccccc1. The van der Waals surface area contributed by atoms with Crippen LogP contribution < -0.4 is 5.01 Å². The predicted molar refractivity (Wildman–Crippen MR) is 93.9 cm³/mol. The van der Waals surface area contributed by atoms with E-state index in [0.29, 0.717) is 0 Å². The van der Waals surface area contributed by atoms with Crippen LogP contribution in [0.1, 0.15) is 17.2 Å². The van der Waals surface area contributed by atoms with Gasteiger partial charge in [0, 0.05) is 6.20 Å². The molecule has 2 heterocycles. The number of hydrazine groups is 1. The predicted octanol–water partition coefficient (Wildman–Crippen LogP) is 3.13. The molecule has 0 spiro atoms. The van der Waals surface area contributed by atoms with Crippen LogP contribution in [0.2, 0.25) is 0 Å². The molecule has 2 aliphatic rings. The number of para-hydroxylation sites is 1. The second-order valence-electron chi connectivity index (χ2n) is 6.07. The van der Waals surface area contributed by atoms with Crippen molar-refractivity contribution in [2.45, 2.75) is 12.1 Å². The van der Waals surface area contributed by atoms with Crippen molar-refractivity contribution in [1.82, 2.24) is 5.01 Å². The standard InChI is InChI=1S/C20H17N3O2/c1-25-20(24)19-17(13-21)18-16-10-6-5-7-14(16)11-12-22(18)23(19)15-8-3-2-4-9-15/h2-12,17-19H,1H3/t17-,18?,19+/m0/s1. The first kappa shape index (κ1) is 15.3. The summed E-state index contributed by atoms with van der Waals surface area (Å²) in [6, 6.07) is 19.0. The fraction of sp³-hybridized carbons (Fsp3) is 0.200. The number of carbonyl (C=O) groups is 1. The van der Waals surface area contributed by atoms with E-state index in [2.05, 4.69) is 6.07 Å². The highest BCUT2D eigenvalue weighted by molar-refractivity contribution is 5.82. The minimum Gasteiger partial charge on any atom is -0.467 e. The van der Waals surface area contributed by atoms with Crippen LogP contribution in [0.5, 0.6) is 0 Å². The molecule has 1 saturated heterocycles.